The maximum Gasteiger partial charge on any atom is 0.253 e. The number of nitrogens with zero attached hydrogens (tertiary/aromatic N) is 1. The third-order valence-electron chi connectivity index (χ3n) is 15.5. The lowest BCUT2D eigenvalue weighted by atomic mass is 9.40. The van der Waals surface area contributed by atoms with Crippen LogP contribution in [-0.2, 0) is 26.2 Å². The highest BCUT2D eigenvalue weighted by Gasteiger charge is 2.67. The molecule has 280 valence electrons. The maximum absolute atomic E-state index is 14.9. The van der Waals surface area contributed by atoms with E-state index in [4.69, 9.17) is 4.74 Å². The van der Waals surface area contributed by atoms with Gasteiger partial charge in [-0.15, -0.1) is 0 Å². The molecule has 2 saturated carbocycles. The van der Waals surface area contributed by atoms with Crippen molar-refractivity contribution in [3.05, 3.63) is 76.0 Å². The normalized spacial score (nSPS) is 39.8. The maximum atomic E-state index is 14.9. The number of ketones is 1. The highest BCUT2D eigenvalue weighted by molar-refractivity contribution is 6.18. The van der Waals surface area contributed by atoms with Crippen molar-refractivity contribution in [1.82, 2.24) is 9.88 Å². The third-order valence-corrected chi connectivity index (χ3v) is 15.5. The van der Waals surface area contributed by atoms with E-state index in [0.29, 0.717) is 36.3 Å². The number of benzene rings is 1. The average Bonchev–Trinajstić information content (AvgIpc) is 3.73. The lowest BCUT2D eigenvalue weighted by Gasteiger charge is -2.64. The summed E-state index contributed by atoms with van der Waals surface area (Å²) in [6, 6.07) is 1.75. The largest absolute Gasteiger partial charge is 0.392 e. The highest BCUT2D eigenvalue weighted by Crippen LogP contribution is 2.71. The Morgan fingerprint density at radius 2 is 1.77 bits per heavy atom. The molecule has 53 heavy (non-hydrogen) atoms. The van der Waals surface area contributed by atoms with Gasteiger partial charge in [-0.3, -0.25) is 19.7 Å². The van der Waals surface area contributed by atoms with Crippen molar-refractivity contribution in [2.45, 2.75) is 135 Å². The second kappa shape index (κ2) is 10.8. The number of hydrogen-bond acceptors (Lipinski definition) is 6. The lowest BCUT2D eigenvalue weighted by molar-refractivity contribution is -0.144. The van der Waals surface area contributed by atoms with Crippen molar-refractivity contribution < 1.29 is 29.3 Å². The number of imide groups is 1. The Balaban J connectivity index is 1.22. The number of aliphatic hydroxyl groups is 2. The molecular formula is C45H54N2O6. The first-order valence-electron chi connectivity index (χ1n) is 19.7. The first-order chi connectivity index (χ1) is 24.8. The predicted octanol–water partition coefficient (Wildman–Crippen LogP) is 7.52. The first-order valence-corrected chi connectivity index (χ1v) is 19.7. The van der Waals surface area contributed by atoms with Crippen LogP contribution in [0.3, 0.4) is 0 Å². The van der Waals surface area contributed by atoms with E-state index in [1.165, 1.54) is 11.3 Å². The van der Waals surface area contributed by atoms with Crippen LogP contribution in [0.25, 0.3) is 16.5 Å². The summed E-state index contributed by atoms with van der Waals surface area (Å²) in [5.41, 5.74) is 6.12. The van der Waals surface area contributed by atoms with Gasteiger partial charge >= 0.3 is 0 Å². The zero-order valence-electron chi connectivity index (χ0n) is 32.5. The number of Topliss-reactive ketones (excluding diaryl/α,β-unsaturated/α-hetero) is 1. The number of nitrogens with one attached hydrogen (secondary N) is 1. The molecule has 3 N–H and O–H groups in total. The Morgan fingerprint density at radius 1 is 1.04 bits per heavy atom. The monoisotopic (exact) mass is 718 g/mol. The van der Waals surface area contributed by atoms with Crippen LogP contribution >= 0.6 is 0 Å². The summed E-state index contributed by atoms with van der Waals surface area (Å²) in [4.78, 5) is 39.1. The molecule has 4 heterocycles. The fourth-order valence-electron chi connectivity index (χ4n) is 13.3. The average molecular weight is 719 g/mol. The molecule has 1 aromatic carbocycles. The number of carbonyl (C=O) groups excluding carboxylic acids is 3. The number of rotatable bonds is 3. The molecule has 9 rings (SSSR count). The van der Waals surface area contributed by atoms with E-state index >= 15 is 0 Å². The molecule has 3 fully saturated rings. The number of fused-ring (bicyclic) bond motifs is 11. The highest BCUT2D eigenvalue weighted by atomic mass is 16.5. The van der Waals surface area contributed by atoms with Gasteiger partial charge in [-0.1, -0.05) is 51.2 Å². The molecule has 8 nitrogen and oxygen atoms in total. The molecule has 1 saturated heterocycles. The van der Waals surface area contributed by atoms with E-state index in [9.17, 15) is 24.6 Å². The molecule has 1 aromatic heterocycles. The van der Waals surface area contributed by atoms with Gasteiger partial charge in [0.2, 0.25) is 5.91 Å². The summed E-state index contributed by atoms with van der Waals surface area (Å²) in [7, 11) is 0. The van der Waals surface area contributed by atoms with Gasteiger partial charge in [0.25, 0.3) is 5.91 Å². The van der Waals surface area contributed by atoms with Gasteiger partial charge in [-0.2, -0.15) is 0 Å². The molecular weight excluding hydrogens is 665 g/mol. The van der Waals surface area contributed by atoms with Crippen LogP contribution in [0.1, 0.15) is 139 Å². The van der Waals surface area contributed by atoms with Gasteiger partial charge < -0.3 is 19.5 Å². The van der Waals surface area contributed by atoms with Crippen molar-refractivity contribution >= 4 is 34.1 Å². The molecule has 8 heteroatoms. The fourth-order valence-corrected chi connectivity index (χ4v) is 13.3. The quantitative estimate of drug-likeness (QED) is 0.172. The Kier molecular flexibility index (Phi) is 7.15. The van der Waals surface area contributed by atoms with E-state index in [2.05, 4.69) is 83.1 Å². The Labute approximate surface area is 312 Å². The van der Waals surface area contributed by atoms with Crippen LogP contribution in [-0.4, -0.2) is 49.7 Å². The Morgan fingerprint density at radius 3 is 2.47 bits per heavy atom. The number of aromatic nitrogens is 1. The van der Waals surface area contributed by atoms with Gasteiger partial charge in [0.15, 0.2) is 5.78 Å². The van der Waals surface area contributed by atoms with E-state index < -0.39 is 34.9 Å². The van der Waals surface area contributed by atoms with Crippen LogP contribution in [0.4, 0.5) is 0 Å². The summed E-state index contributed by atoms with van der Waals surface area (Å²) in [5, 5.41) is 27.5. The summed E-state index contributed by atoms with van der Waals surface area (Å²) in [6.45, 7) is 21.6. The number of carbonyl (C=O) groups is 3. The second-order valence-corrected chi connectivity index (χ2v) is 19.3. The number of amides is 2. The SMILES string of the molecule is C=C(C)[C@H]1C(=O)c2c3c(cc4c5c(n1c24)[C@@]1(C)C(CC[C@H]2[C@](C)(/C=C/C=C4\CCC(=O)NC4=O)[C@@H](O)CC[C@@]21C)C5)C1=CC(C)(C)OC(C)(C)C1[C@@H]3O. The van der Waals surface area contributed by atoms with Gasteiger partial charge in [0.05, 0.1) is 34.5 Å². The minimum Gasteiger partial charge on any atom is -0.392 e. The molecule has 2 aromatic rings. The summed E-state index contributed by atoms with van der Waals surface area (Å²) < 4.78 is 8.88. The molecule has 0 spiro atoms. The van der Waals surface area contributed by atoms with Crippen molar-refractivity contribution in [3.63, 3.8) is 0 Å². The molecule has 0 bridgehead atoms. The lowest BCUT2D eigenvalue weighted by Crippen LogP contribution is -2.62. The topological polar surface area (TPSA) is 118 Å². The van der Waals surface area contributed by atoms with Crippen LogP contribution in [0.2, 0.25) is 0 Å². The number of allylic oxidation sites excluding steroid dienone is 3. The Hall–Kier alpha value is -3.59. The standard InChI is InChI=1S/C45H54N2O6/c1-22(2)35-38(51)33-32-25(28-21-41(3,4)53-42(5,6)34(28)37(32)50)20-26-27-19-24-13-14-29-43(7,17-10-11-23-12-15-31(49)46-40(23)52)30(48)16-18-44(29,8)45(24,9)39(27)47(35)36(26)33/h10-11,17,20-21,24,29-30,34-35,37,48,50H,1,12-16,18-19H2,2-9H3,(H,46,49,52)/b17-10+,23-11+/t24?,29-,30-,34?,35-,37+,43-,44-,45+/m0/s1. The third kappa shape index (κ3) is 4.32. The number of hydrogen-bond donors (Lipinski definition) is 3. The molecule has 9 atom stereocenters. The van der Waals surface area contributed by atoms with Crippen LogP contribution in [0, 0.1) is 28.6 Å². The van der Waals surface area contributed by atoms with Gasteiger partial charge in [0, 0.05) is 45.4 Å². The molecule has 2 unspecified atom stereocenters. The molecule has 3 aliphatic heterocycles. The molecule has 0 radical (unpaired) electrons. The van der Waals surface area contributed by atoms with Crippen LogP contribution in [0.15, 0.2) is 48.1 Å². The van der Waals surface area contributed by atoms with Crippen molar-refractivity contribution in [2.24, 2.45) is 28.6 Å². The van der Waals surface area contributed by atoms with Crippen molar-refractivity contribution in [1.29, 1.82) is 0 Å². The fraction of sp³-hybridized carbons (Fsp3) is 0.578. The van der Waals surface area contributed by atoms with E-state index in [1.807, 2.05) is 19.1 Å². The van der Waals surface area contributed by atoms with E-state index in [-0.39, 0.29) is 40.3 Å². The molecule has 4 aliphatic carbocycles. The van der Waals surface area contributed by atoms with E-state index in [1.54, 1.807) is 0 Å². The molecule has 2 amide bonds. The van der Waals surface area contributed by atoms with Gasteiger partial charge in [-0.05, 0) is 119 Å². The zero-order valence-corrected chi connectivity index (χ0v) is 32.5. The van der Waals surface area contributed by atoms with Crippen LogP contribution < -0.4 is 5.32 Å². The van der Waals surface area contributed by atoms with Crippen molar-refractivity contribution in [3.8, 4) is 0 Å². The Bertz CT molecular complexity index is 2180. The number of ether oxygens (including phenoxy) is 1. The zero-order chi connectivity index (χ0) is 37.9. The smallest absolute Gasteiger partial charge is 0.253 e. The number of aliphatic hydroxyl groups excluding tert-OH is 2. The van der Waals surface area contributed by atoms with Gasteiger partial charge in [0.1, 0.15) is 6.04 Å². The minimum atomic E-state index is -0.866. The predicted molar refractivity (Wildman–Crippen MR) is 204 cm³/mol. The first kappa shape index (κ1) is 35.1. The second-order valence-electron chi connectivity index (χ2n) is 19.3. The van der Waals surface area contributed by atoms with E-state index in [0.717, 1.165) is 58.9 Å². The summed E-state index contributed by atoms with van der Waals surface area (Å²) >= 11 is 0. The van der Waals surface area contributed by atoms with Crippen molar-refractivity contribution in [2.75, 3.05) is 0 Å². The molecule has 7 aliphatic rings. The minimum absolute atomic E-state index is 0.0197. The number of piperidine rings is 1. The van der Waals surface area contributed by atoms with Crippen LogP contribution in [0.5, 0.6) is 0 Å². The summed E-state index contributed by atoms with van der Waals surface area (Å²) in [5.74, 6) is -0.344. The van der Waals surface area contributed by atoms with Gasteiger partial charge in [-0.25, -0.2) is 0 Å². The summed E-state index contributed by atoms with van der Waals surface area (Å²) in [6.07, 6.45) is 11.7.